The molecule has 9 heteroatoms. The number of nitrogens with zero attached hydrogens (tertiary/aromatic N) is 2. The third-order valence-corrected chi connectivity index (χ3v) is 5.88. The third kappa shape index (κ3) is 4.82. The van der Waals surface area contributed by atoms with Crippen LogP contribution >= 0.6 is 22.9 Å². The smallest absolute Gasteiger partial charge is 0.272 e. The van der Waals surface area contributed by atoms with Crippen molar-refractivity contribution >= 4 is 44.6 Å². The number of hydrogen-bond acceptors (Lipinski definition) is 6. The maximum atomic E-state index is 12.1. The zero-order valence-electron chi connectivity index (χ0n) is 12.0. The number of hydrogen-bond donors (Lipinski definition) is 2. The first-order chi connectivity index (χ1) is 10.5. The Kier molecular flexibility index (Phi) is 5.98. The first kappa shape index (κ1) is 17.0. The monoisotopic (exact) mass is 360 g/mol. The molecule has 120 valence electrons. The van der Waals surface area contributed by atoms with Gasteiger partial charge in [-0.1, -0.05) is 31.4 Å². The number of rotatable bonds is 8. The molecule has 2 rings (SSSR count). The normalized spacial score (nSPS) is 11.4. The van der Waals surface area contributed by atoms with Gasteiger partial charge in [-0.2, -0.15) is 0 Å². The molecule has 0 fully saturated rings. The second-order valence-electron chi connectivity index (χ2n) is 4.60. The van der Waals surface area contributed by atoms with Crippen LogP contribution in [0.3, 0.4) is 0 Å². The lowest BCUT2D eigenvalue weighted by atomic mass is 10.2. The van der Waals surface area contributed by atoms with Gasteiger partial charge in [0.1, 0.15) is 10.0 Å². The van der Waals surface area contributed by atoms with Crippen LogP contribution in [0, 0.1) is 0 Å². The van der Waals surface area contributed by atoms with Crippen molar-refractivity contribution in [2.24, 2.45) is 0 Å². The standard InChI is InChI=1S/C13H17ClN4O2S2/c1-2-3-4-9-15-11-6-7-12(17-16-11)18-22(19,20)13-8-5-10(14)21-13/h5-8H,2-4,9H2,1H3,(H,15,16)(H,17,18). The fourth-order valence-corrected chi connectivity index (χ4v) is 4.18. The van der Waals surface area contributed by atoms with Crippen molar-refractivity contribution in [2.75, 3.05) is 16.6 Å². The zero-order valence-corrected chi connectivity index (χ0v) is 14.4. The summed E-state index contributed by atoms with van der Waals surface area (Å²) in [6.45, 7) is 2.96. The molecular weight excluding hydrogens is 344 g/mol. The predicted octanol–water partition coefficient (Wildman–Crippen LogP) is 3.59. The number of aromatic nitrogens is 2. The van der Waals surface area contributed by atoms with Crippen LogP contribution in [-0.4, -0.2) is 25.2 Å². The van der Waals surface area contributed by atoms with Crippen LogP contribution in [0.4, 0.5) is 11.6 Å². The summed E-state index contributed by atoms with van der Waals surface area (Å²) in [6.07, 6.45) is 3.37. The van der Waals surface area contributed by atoms with Crippen molar-refractivity contribution in [3.63, 3.8) is 0 Å². The van der Waals surface area contributed by atoms with Gasteiger partial charge in [-0.25, -0.2) is 8.42 Å². The first-order valence-electron chi connectivity index (χ1n) is 6.87. The zero-order chi connectivity index (χ0) is 16.0. The Morgan fingerprint density at radius 2 is 1.86 bits per heavy atom. The molecule has 0 saturated heterocycles. The average molecular weight is 361 g/mol. The van der Waals surface area contributed by atoms with E-state index in [4.69, 9.17) is 11.6 Å². The molecule has 0 radical (unpaired) electrons. The minimum absolute atomic E-state index is 0.140. The fraction of sp³-hybridized carbons (Fsp3) is 0.385. The summed E-state index contributed by atoms with van der Waals surface area (Å²) in [5, 5.41) is 11.0. The molecule has 0 aliphatic rings. The van der Waals surface area contributed by atoms with Crippen LogP contribution < -0.4 is 10.0 Å². The molecule has 0 aromatic carbocycles. The molecule has 2 heterocycles. The minimum Gasteiger partial charge on any atom is -0.369 e. The van der Waals surface area contributed by atoms with Gasteiger partial charge < -0.3 is 5.32 Å². The van der Waals surface area contributed by atoms with Crippen molar-refractivity contribution in [3.8, 4) is 0 Å². The quantitative estimate of drug-likeness (QED) is 0.703. The Labute approximate surface area is 139 Å². The number of anilines is 2. The average Bonchev–Trinajstić information content (AvgIpc) is 2.93. The molecule has 0 aliphatic carbocycles. The van der Waals surface area contributed by atoms with Crippen molar-refractivity contribution < 1.29 is 8.42 Å². The SMILES string of the molecule is CCCCCNc1ccc(NS(=O)(=O)c2ccc(Cl)s2)nn1. The molecule has 22 heavy (non-hydrogen) atoms. The highest BCUT2D eigenvalue weighted by Crippen LogP contribution is 2.26. The van der Waals surface area contributed by atoms with E-state index in [2.05, 4.69) is 27.2 Å². The third-order valence-electron chi connectivity index (χ3n) is 2.80. The van der Waals surface area contributed by atoms with Crippen molar-refractivity contribution in [1.82, 2.24) is 10.2 Å². The van der Waals surface area contributed by atoms with E-state index in [-0.39, 0.29) is 10.0 Å². The Hall–Kier alpha value is -1.38. The van der Waals surface area contributed by atoms with Gasteiger partial charge in [-0.05, 0) is 30.7 Å². The molecule has 0 aliphatic heterocycles. The van der Waals surface area contributed by atoms with Crippen LogP contribution in [-0.2, 0) is 10.0 Å². The van der Waals surface area contributed by atoms with E-state index >= 15 is 0 Å². The summed E-state index contributed by atoms with van der Waals surface area (Å²) in [5.74, 6) is 0.793. The maximum Gasteiger partial charge on any atom is 0.272 e. The Morgan fingerprint density at radius 3 is 2.45 bits per heavy atom. The molecule has 0 atom stereocenters. The van der Waals surface area contributed by atoms with Gasteiger partial charge >= 0.3 is 0 Å². The molecular formula is C13H17ClN4O2S2. The van der Waals surface area contributed by atoms with Crippen LogP contribution in [0.1, 0.15) is 26.2 Å². The summed E-state index contributed by atoms with van der Waals surface area (Å²) in [4.78, 5) is 0. The number of nitrogens with one attached hydrogen (secondary N) is 2. The summed E-state index contributed by atoms with van der Waals surface area (Å²) >= 11 is 6.74. The molecule has 0 bridgehead atoms. The highest BCUT2D eigenvalue weighted by molar-refractivity contribution is 7.94. The number of unbranched alkanes of at least 4 members (excludes halogenated alkanes) is 2. The summed E-state index contributed by atoms with van der Waals surface area (Å²) < 4.78 is 27.1. The van der Waals surface area contributed by atoms with E-state index in [1.165, 1.54) is 12.1 Å². The van der Waals surface area contributed by atoms with Gasteiger partial charge in [0.15, 0.2) is 5.82 Å². The van der Waals surface area contributed by atoms with Crippen molar-refractivity contribution in [2.45, 2.75) is 30.4 Å². The molecule has 0 unspecified atom stereocenters. The second kappa shape index (κ2) is 7.75. The molecule has 0 amide bonds. The predicted molar refractivity (Wildman–Crippen MR) is 90.2 cm³/mol. The van der Waals surface area contributed by atoms with Crippen LogP contribution in [0.25, 0.3) is 0 Å². The minimum atomic E-state index is -3.67. The van der Waals surface area contributed by atoms with E-state index in [1.54, 1.807) is 12.1 Å². The maximum absolute atomic E-state index is 12.1. The first-order valence-corrected chi connectivity index (χ1v) is 9.55. The van der Waals surface area contributed by atoms with Gasteiger partial charge in [-0.3, -0.25) is 4.72 Å². The lowest BCUT2D eigenvalue weighted by Crippen LogP contribution is -2.13. The van der Waals surface area contributed by atoms with Crippen molar-refractivity contribution in [3.05, 3.63) is 28.6 Å². The van der Waals surface area contributed by atoms with Crippen molar-refractivity contribution in [1.29, 1.82) is 0 Å². The number of halogens is 1. The van der Waals surface area contributed by atoms with Gasteiger partial charge in [0.25, 0.3) is 10.0 Å². The summed E-state index contributed by atoms with van der Waals surface area (Å²) in [6, 6.07) is 6.25. The highest BCUT2D eigenvalue weighted by Gasteiger charge is 2.17. The van der Waals surface area contributed by atoms with Crippen LogP contribution in [0.15, 0.2) is 28.5 Å². The Bertz CT molecular complexity index is 701. The van der Waals surface area contributed by atoms with E-state index < -0.39 is 10.0 Å². The van der Waals surface area contributed by atoms with Gasteiger partial charge in [0, 0.05) is 6.54 Å². The van der Waals surface area contributed by atoms with Crippen LogP contribution in [0.5, 0.6) is 0 Å². The lowest BCUT2D eigenvalue weighted by molar-refractivity contribution is 0.603. The molecule has 2 aromatic rings. The highest BCUT2D eigenvalue weighted by atomic mass is 35.5. The molecule has 2 aromatic heterocycles. The Balaban J connectivity index is 1.96. The molecule has 0 saturated carbocycles. The molecule has 2 N–H and O–H groups in total. The second-order valence-corrected chi connectivity index (χ2v) is 8.23. The van der Waals surface area contributed by atoms with E-state index in [0.717, 1.165) is 37.1 Å². The topological polar surface area (TPSA) is 84.0 Å². The largest absolute Gasteiger partial charge is 0.369 e. The summed E-state index contributed by atoms with van der Waals surface area (Å²) in [7, 11) is -3.67. The van der Waals surface area contributed by atoms with Gasteiger partial charge in [-0.15, -0.1) is 21.5 Å². The van der Waals surface area contributed by atoms with E-state index in [1.807, 2.05) is 0 Å². The van der Waals surface area contributed by atoms with Crippen LogP contribution in [0.2, 0.25) is 4.34 Å². The Morgan fingerprint density at radius 1 is 1.14 bits per heavy atom. The van der Waals surface area contributed by atoms with E-state index in [0.29, 0.717) is 10.2 Å². The number of sulfonamides is 1. The fourth-order valence-electron chi connectivity index (χ4n) is 1.70. The van der Waals surface area contributed by atoms with Gasteiger partial charge in [0.05, 0.1) is 4.34 Å². The lowest BCUT2D eigenvalue weighted by Gasteiger charge is -2.07. The van der Waals surface area contributed by atoms with Gasteiger partial charge in [0.2, 0.25) is 0 Å². The number of thiophene rings is 1. The summed E-state index contributed by atoms with van der Waals surface area (Å²) in [5.41, 5.74) is 0. The van der Waals surface area contributed by atoms with E-state index in [9.17, 15) is 8.42 Å². The molecule has 6 nitrogen and oxygen atoms in total. The molecule has 0 spiro atoms.